The van der Waals surface area contributed by atoms with E-state index in [1.165, 1.54) is 10.4 Å². The summed E-state index contributed by atoms with van der Waals surface area (Å²) in [5.41, 5.74) is 0. The summed E-state index contributed by atoms with van der Waals surface area (Å²) in [6.07, 6.45) is 3.69. The van der Waals surface area contributed by atoms with Crippen LogP contribution in [0.25, 0.3) is 0 Å². The number of esters is 1. The number of rotatable bonds is 6. The first-order valence-corrected chi connectivity index (χ1v) is 12.7. The van der Waals surface area contributed by atoms with Gasteiger partial charge in [0.1, 0.15) is 0 Å². The molecule has 0 bridgehead atoms. The monoisotopic (exact) mass is 410 g/mol. The van der Waals surface area contributed by atoms with Crippen LogP contribution in [0, 0.1) is 5.92 Å². The van der Waals surface area contributed by atoms with Crippen molar-refractivity contribution < 1.29 is 14.0 Å². The Morgan fingerprint density at radius 2 is 1.38 bits per heavy atom. The van der Waals surface area contributed by atoms with Crippen molar-refractivity contribution in [2.75, 3.05) is 6.61 Å². The Balaban J connectivity index is 1.92. The van der Waals surface area contributed by atoms with E-state index in [0.29, 0.717) is 6.61 Å². The molecule has 2 aromatic carbocycles. The molecule has 0 amide bonds. The molecule has 0 atom stereocenters. The minimum atomic E-state index is -2.52. The smallest absolute Gasteiger partial charge is 0.308 e. The zero-order valence-electron chi connectivity index (χ0n) is 18.2. The third kappa shape index (κ3) is 4.64. The lowest BCUT2D eigenvalue weighted by Gasteiger charge is -2.46. The van der Waals surface area contributed by atoms with Crippen LogP contribution in [0.4, 0.5) is 0 Å². The molecule has 0 aliphatic heterocycles. The predicted molar refractivity (Wildman–Crippen MR) is 121 cm³/mol. The van der Waals surface area contributed by atoms with Crippen molar-refractivity contribution in [2.24, 2.45) is 5.92 Å². The maximum absolute atomic E-state index is 12.1. The molecule has 3 rings (SSSR count). The average Bonchev–Trinajstić information content (AvgIpc) is 2.73. The van der Waals surface area contributed by atoms with Crippen molar-refractivity contribution in [3.8, 4) is 0 Å². The van der Waals surface area contributed by atoms with E-state index in [1.54, 1.807) is 0 Å². The quantitative estimate of drug-likeness (QED) is 0.512. The van der Waals surface area contributed by atoms with Crippen LogP contribution in [0.1, 0.15) is 53.4 Å². The van der Waals surface area contributed by atoms with Gasteiger partial charge in [-0.25, -0.2) is 0 Å². The van der Waals surface area contributed by atoms with Crippen molar-refractivity contribution in [3.63, 3.8) is 0 Å². The van der Waals surface area contributed by atoms with Crippen LogP contribution in [0.2, 0.25) is 5.04 Å². The molecule has 0 N–H and O–H groups in total. The Kier molecular flexibility index (Phi) is 6.96. The minimum absolute atomic E-state index is 0.0201. The van der Waals surface area contributed by atoms with Crippen LogP contribution in [0.5, 0.6) is 0 Å². The van der Waals surface area contributed by atoms with E-state index in [0.717, 1.165) is 25.7 Å². The lowest BCUT2D eigenvalue weighted by Crippen LogP contribution is -2.67. The van der Waals surface area contributed by atoms with Gasteiger partial charge >= 0.3 is 5.97 Å². The molecule has 1 aliphatic rings. The Morgan fingerprint density at radius 3 is 1.79 bits per heavy atom. The number of carbonyl (C=O) groups excluding carboxylic acids is 1. The SMILES string of the molecule is CCOC(=O)[C@H]1CC[C@H](O[Si](c2ccccc2)(c2ccccc2)C(C)(C)C)CC1. The topological polar surface area (TPSA) is 35.5 Å². The summed E-state index contributed by atoms with van der Waals surface area (Å²) in [5.74, 6) is -0.0228. The molecule has 0 aromatic heterocycles. The first kappa shape index (κ1) is 21.8. The second-order valence-electron chi connectivity index (χ2n) is 9.01. The van der Waals surface area contributed by atoms with Crippen LogP contribution in [0.3, 0.4) is 0 Å². The predicted octanol–water partition coefficient (Wildman–Crippen LogP) is 4.68. The van der Waals surface area contributed by atoms with Gasteiger partial charge in [0.05, 0.1) is 12.5 Å². The molecule has 0 spiro atoms. The molecule has 29 heavy (non-hydrogen) atoms. The molecule has 1 saturated carbocycles. The van der Waals surface area contributed by atoms with E-state index < -0.39 is 8.32 Å². The molecule has 0 saturated heterocycles. The second-order valence-corrected chi connectivity index (χ2v) is 13.3. The summed E-state index contributed by atoms with van der Waals surface area (Å²) in [5, 5.41) is 2.60. The van der Waals surface area contributed by atoms with Crippen molar-refractivity contribution in [2.45, 2.75) is 64.5 Å². The molecule has 1 fully saturated rings. The summed E-state index contributed by atoms with van der Waals surface area (Å²) in [6, 6.07) is 21.5. The van der Waals surface area contributed by atoms with Crippen molar-refractivity contribution >= 4 is 24.7 Å². The van der Waals surface area contributed by atoms with Gasteiger partial charge in [0.25, 0.3) is 8.32 Å². The van der Waals surface area contributed by atoms with E-state index in [9.17, 15) is 4.79 Å². The van der Waals surface area contributed by atoms with Crippen LogP contribution in [0.15, 0.2) is 60.7 Å². The maximum Gasteiger partial charge on any atom is 0.308 e. The number of carbonyl (C=O) groups is 1. The molecule has 3 nitrogen and oxygen atoms in total. The van der Waals surface area contributed by atoms with Gasteiger partial charge in [0.2, 0.25) is 0 Å². The Bertz CT molecular complexity index is 735. The van der Waals surface area contributed by atoms with Crippen LogP contribution < -0.4 is 10.4 Å². The molecule has 4 heteroatoms. The summed E-state index contributed by atoms with van der Waals surface area (Å²) in [4.78, 5) is 12.1. The Labute approximate surface area is 176 Å². The largest absolute Gasteiger partial charge is 0.466 e. The highest BCUT2D eigenvalue weighted by atomic mass is 28.4. The summed E-state index contributed by atoms with van der Waals surface area (Å²) >= 11 is 0. The number of hydrogen-bond acceptors (Lipinski definition) is 3. The van der Waals surface area contributed by atoms with Crippen LogP contribution >= 0.6 is 0 Å². The molecule has 2 aromatic rings. The van der Waals surface area contributed by atoms with Gasteiger partial charge in [-0.1, -0.05) is 81.4 Å². The minimum Gasteiger partial charge on any atom is -0.466 e. The van der Waals surface area contributed by atoms with Crippen molar-refractivity contribution in [1.29, 1.82) is 0 Å². The summed E-state index contributed by atoms with van der Waals surface area (Å²) in [7, 11) is -2.52. The van der Waals surface area contributed by atoms with Crippen LogP contribution in [-0.4, -0.2) is 27.0 Å². The van der Waals surface area contributed by atoms with Crippen LogP contribution in [-0.2, 0) is 14.0 Å². The number of benzene rings is 2. The third-order valence-corrected chi connectivity index (χ3v) is 11.1. The first-order chi connectivity index (χ1) is 13.9. The van der Waals surface area contributed by atoms with Gasteiger partial charge in [-0.3, -0.25) is 4.79 Å². The molecule has 156 valence electrons. The lowest BCUT2D eigenvalue weighted by atomic mass is 9.87. The highest BCUT2D eigenvalue weighted by molar-refractivity contribution is 6.99. The van der Waals surface area contributed by atoms with E-state index in [-0.39, 0.29) is 23.0 Å². The van der Waals surface area contributed by atoms with E-state index in [2.05, 4.69) is 81.4 Å². The molecule has 1 aliphatic carbocycles. The fourth-order valence-corrected chi connectivity index (χ4v) is 9.37. The molecular formula is C25H34O3Si. The van der Waals surface area contributed by atoms with Gasteiger partial charge < -0.3 is 9.16 Å². The fraction of sp³-hybridized carbons (Fsp3) is 0.480. The number of ether oxygens (including phenoxy) is 1. The summed E-state index contributed by atoms with van der Waals surface area (Å²) in [6.45, 7) is 9.25. The zero-order chi connectivity index (χ0) is 20.9. The molecule has 0 heterocycles. The molecule has 0 radical (unpaired) electrons. The first-order valence-electron chi connectivity index (χ1n) is 10.8. The normalized spacial score (nSPS) is 20.3. The van der Waals surface area contributed by atoms with Gasteiger partial charge in [-0.05, 0) is 48.0 Å². The highest BCUT2D eigenvalue weighted by Crippen LogP contribution is 2.39. The van der Waals surface area contributed by atoms with E-state index in [4.69, 9.17) is 9.16 Å². The Morgan fingerprint density at radius 1 is 0.897 bits per heavy atom. The second kappa shape index (κ2) is 9.27. The van der Waals surface area contributed by atoms with Gasteiger partial charge in [-0.15, -0.1) is 0 Å². The van der Waals surface area contributed by atoms with Gasteiger partial charge in [0, 0.05) is 6.10 Å². The van der Waals surface area contributed by atoms with Gasteiger partial charge in [0.15, 0.2) is 0 Å². The van der Waals surface area contributed by atoms with Crippen molar-refractivity contribution in [1.82, 2.24) is 0 Å². The molecule has 0 unspecified atom stereocenters. The number of hydrogen-bond donors (Lipinski definition) is 0. The standard InChI is InChI=1S/C25H34O3Si/c1-5-27-24(26)20-16-18-21(19-17-20)28-29(25(2,3)4,22-12-8-6-9-13-22)23-14-10-7-11-15-23/h6-15,20-21H,5,16-19H2,1-4H3/t20-,21-. The van der Waals surface area contributed by atoms with Gasteiger partial charge in [-0.2, -0.15) is 0 Å². The Hall–Kier alpha value is -1.91. The highest BCUT2D eigenvalue weighted by Gasteiger charge is 2.51. The van der Waals surface area contributed by atoms with E-state index in [1.807, 2.05) is 6.92 Å². The maximum atomic E-state index is 12.1. The average molecular weight is 411 g/mol. The molecular weight excluding hydrogens is 376 g/mol. The summed E-state index contributed by atoms with van der Waals surface area (Å²) < 4.78 is 12.4. The lowest BCUT2D eigenvalue weighted by molar-refractivity contribution is -0.149. The zero-order valence-corrected chi connectivity index (χ0v) is 19.2. The van der Waals surface area contributed by atoms with E-state index >= 15 is 0 Å². The third-order valence-electron chi connectivity index (χ3n) is 6.05. The van der Waals surface area contributed by atoms with Crippen molar-refractivity contribution in [3.05, 3.63) is 60.7 Å². The fourth-order valence-electron chi connectivity index (χ4n) is 4.62.